The molecule has 0 aliphatic carbocycles. The van der Waals surface area contributed by atoms with Crippen molar-refractivity contribution in [1.82, 2.24) is 9.78 Å². The standard InChI is InChI=1S/C35H32N6O2/c1-21-18-19-22(2)27(20-21)37-33-35-38-34-30(23(3)39-41(34)24-12-7-6-8-13-24)31(25-14-11-17-29(42-4)32(25)43-5)40(35)28-16-10-9-15-26(28)36-33/h6-20,31H,1-5H3,(H,36,37). The number of methoxy groups -OCH3 is 2. The Morgan fingerprint density at radius 2 is 1.58 bits per heavy atom. The van der Waals surface area contributed by atoms with E-state index in [-0.39, 0.29) is 6.04 Å². The van der Waals surface area contributed by atoms with Crippen molar-refractivity contribution in [2.75, 3.05) is 24.4 Å². The van der Waals surface area contributed by atoms with E-state index >= 15 is 0 Å². The van der Waals surface area contributed by atoms with Gasteiger partial charge >= 0.3 is 0 Å². The number of aryl methyl sites for hydroxylation is 3. The largest absolute Gasteiger partial charge is 0.493 e. The molecule has 4 aromatic carbocycles. The third-order valence-corrected chi connectivity index (χ3v) is 8.01. The number of benzene rings is 4. The number of aliphatic imine (C=N–C) groups is 2. The van der Waals surface area contributed by atoms with Gasteiger partial charge in [-0.25, -0.2) is 14.7 Å². The van der Waals surface area contributed by atoms with E-state index in [1.807, 2.05) is 72.3 Å². The number of para-hydroxylation sites is 4. The van der Waals surface area contributed by atoms with Crippen LogP contribution >= 0.6 is 0 Å². The van der Waals surface area contributed by atoms with Crippen LogP contribution in [-0.2, 0) is 0 Å². The highest BCUT2D eigenvalue weighted by molar-refractivity contribution is 6.51. The first-order valence-electron chi connectivity index (χ1n) is 14.2. The molecule has 214 valence electrons. The number of nitrogens with one attached hydrogen (secondary N) is 1. The molecule has 8 nitrogen and oxygen atoms in total. The van der Waals surface area contributed by atoms with E-state index in [0.29, 0.717) is 23.2 Å². The number of ether oxygens (including phenoxy) is 2. The molecule has 3 heterocycles. The van der Waals surface area contributed by atoms with E-state index in [2.05, 4.69) is 54.4 Å². The van der Waals surface area contributed by atoms with Gasteiger partial charge in [-0.15, -0.1) is 0 Å². The van der Waals surface area contributed by atoms with Crippen LogP contribution in [-0.4, -0.2) is 35.7 Å². The molecule has 0 fully saturated rings. The zero-order chi connectivity index (χ0) is 29.7. The highest BCUT2D eigenvalue weighted by atomic mass is 16.5. The maximum Gasteiger partial charge on any atom is 0.179 e. The van der Waals surface area contributed by atoms with Crippen LogP contribution in [0.15, 0.2) is 101 Å². The van der Waals surface area contributed by atoms with Crippen molar-refractivity contribution in [3.8, 4) is 17.2 Å². The summed E-state index contributed by atoms with van der Waals surface area (Å²) in [6.07, 6.45) is 0. The van der Waals surface area contributed by atoms with Gasteiger partial charge in [0.2, 0.25) is 0 Å². The maximum absolute atomic E-state index is 6.02. The fraction of sp³-hybridized carbons (Fsp3) is 0.171. The zero-order valence-electron chi connectivity index (χ0n) is 24.8. The molecule has 0 saturated carbocycles. The van der Waals surface area contributed by atoms with Crippen LogP contribution in [0, 0.1) is 20.8 Å². The Balaban J connectivity index is 1.53. The van der Waals surface area contributed by atoms with Gasteiger partial charge in [0, 0.05) is 16.8 Å². The van der Waals surface area contributed by atoms with Gasteiger partial charge in [0.25, 0.3) is 0 Å². The van der Waals surface area contributed by atoms with Gasteiger partial charge in [-0.2, -0.15) is 5.10 Å². The smallest absolute Gasteiger partial charge is 0.179 e. The molecule has 1 atom stereocenters. The lowest BCUT2D eigenvalue weighted by molar-refractivity contribution is 0.350. The van der Waals surface area contributed by atoms with Crippen LogP contribution in [0.4, 0.5) is 22.9 Å². The Bertz CT molecular complexity index is 1920. The monoisotopic (exact) mass is 568 g/mol. The number of anilines is 2. The Labute approximate surface area is 251 Å². The van der Waals surface area contributed by atoms with Crippen LogP contribution < -0.4 is 19.7 Å². The zero-order valence-corrected chi connectivity index (χ0v) is 24.8. The quantitative estimate of drug-likeness (QED) is 0.236. The van der Waals surface area contributed by atoms with Gasteiger partial charge in [0.05, 0.1) is 43.0 Å². The van der Waals surface area contributed by atoms with E-state index < -0.39 is 0 Å². The fourth-order valence-electron chi connectivity index (χ4n) is 5.97. The normalized spacial score (nSPS) is 15.1. The number of aromatic nitrogens is 2. The van der Waals surface area contributed by atoms with Gasteiger partial charge in [-0.05, 0) is 68.3 Å². The summed E-state index contributed by atoms with van der Waals surface area (Å²) < 4.78 is 13.7. The summed E-state index contributed by atoms with van der Waals surface area (Å²) in [6.45, 7) is 6.22. The molecule has 1 aromatic heterocycles. The molecule has 0 amide bonds. The van der Waals surface area contributed by atoms with Crippen LogP contribution in [0.5, 0.6) is 11.5 Å². The fourth-order valence-corrected chi connectivity index (χ4v) is 5.97. The maximum atomic E-state index is 6.02. The van der Waals surface area contributed by atoms with Gasteiger partial charge in [0.15, 0.2) is 29.0 Å². The second kappa shape index (κ2) is 10.5. The SMILES string of the molecule is COc1cccc(C2c3c(C)nn(-c4ccccc4)c3N=C3C(Nc4cc(C)ccc4C)=Nc4ccccc4N32)c1OC. The summed E-state index contributed by atoms with van der Waals surface area (Å²) >= 11 is 0. The lowest BCUT2D eigenvalue weighted by Crippen LogP contribution is -2.46. The van der Waals surface area contributed by atoms with E-state index in [9.17, 15) is 0 Å². The first-order valence-corrected chi connectivity index (χ1v) is 14.2. The summed E-state index contributed by atoms with van der Waals surface area (Å²) in [5, 5.41) is 8.68. The number of amidine groups is 2. The summed E-state index contributed by atoms with van der Waals surface area (Å²) in [5.41, 5.74) is 8.78. The van der Waals surface area contributed by atoms with Crippen molar-refractivity contribution >= 4 is 34.6 Å². The van der Waals surface area contributed by atoms with Gasteiger partial charge in [-0.1, -0.05) is 54.6 Å². The van der Waals surface area contributed by atoms with Crippen molar-refractivity contribution in [3.05, 3.63) is 119 Å². The van der Waals surface area contributed by atoms with Crippen LogP contribution in [0.25, 0.3) is 5.69 Å². The van der Waals surface area contributed by atoms with Crippen molar-refractivity contribution in [2.24, 2.45) is 9.98 Å². The molecule has 2 aliphatic heterocycles. The average Bonchev–Trinajstić information content (AvgIpc) is 3.37. The van der Waals surface area contributed by atoms with E-state index in [1.54, 1.807) is 14.2 Å². The number of hydrogen-bond donors (Lipinski definition) is 1. The minimum Gasteiger partial charge on any atom is -0.493 e. The second-order valence-corrected chi connectivity index (χ2v) is 10.8. The Hall–Kier alpha value is -5.37. The number of rotatable bonds is 5. The molecule has 5 aromatic rings. The first-order chi connectivity index (χ1) is 21.0. The Morgan fingerprint density at radius 1 is 0.791 bits per heavy atom. The number of hydrogen-bond acceptors (Lipinski definition) is 7. The van der Waals surface area contributed by atoms with Crippen LogP contribution in [0.1, 0.15) is 34.0 Å². The Kier molecular flexibility index (Phi) is 6.46. The van der Waals surface area contributed by atoms with Crippen molar-refractivity contribution < 1.29 is 9.47 Å². The summed E-state index contributed by atoms with van der Waals surface area (Å²) in [7, 11) is 3.34. The molecule has 0 bridgehead atoms. The third kappa shape index (κ3) is 4.34. The summed E-state index contributed by atoms with van der Waals surface area (Å²) in [6, 6.07) is 30.3. The van der Waals surface area contributed by atoms with Crippen molar-refractivity contribution in [3.63, 3.8) is 0 Å². The topological polar surface area (TPSA) is 76.3 Å². The Morgan fingerprint density at radius 3 is 2.37 bits per heavy atom. The highest BCUT2D eigenvalue weighted by Crippen LogP contribution is 2.51. The minimum atomic E-state index is -0.336. The molecule has 2 aliphatic rings. The third-order valence-electron chi connectivity index (χ3n) is 8.01. The minimum absolute atomic E-state index is 0.336. The summed E-state index contributed by atoms with van der Waals surface area (Å²) in [4.78, 5) is 12.7. The predicted octanol–water partition coefficient (Wildman–Crippen LogP) is 7.61. The molecule has 0 radical (unpaired) electrons. The molecule has 43 heavy (non-hydrogen) atoms. The second-order valence-electron chi connectivity index (χ2n) is 10.8. The van der Waals surface area contributed by atoms with E-state index in [0.717, 1.165) is 56.5 Å². The molecule has 1 unspecified atom stereocenters. The van der Waals surface area contributed by atoms with Gasteiger partial charge < -0.3 is 19.7 Å². The molecule has 8 heteroatoms. The van der Waals surface area contributed by atoms with Gasteiger partial charge in [0.1, 0.15) is 0 Å². The average molecular weight is 569 g/mol. The van der Waals surface area contributed by atoms with E-state index in [4.69, 9.17) is 24.6 Å². The number of nitrogens with zero attached hydrogens (tertiary/aromatic N) is 5. The molecule has 1 N–H and O–H groups in total. The molecular formula is C35H32N6O2. The molecule has 7 rings (SSSR count). The summed E-state index contributed by atoms with van der Waals surface area (Å²) in [5.74, 6) is 3.42. The predicted molar refractivity (Wildman–Crippen MR) is 172 cm³/mol. The van der Waals surface area contributed by atoms with Gasteiger partial charge in [-0.3, -0.25) is 0 Å². The van der Waals surface area contributed by atoms with Crippen molar-refractivity contribution in [1.29, 1.82) is 0 Å². The number of fused-ring (bicyclic) bond motifs is 4. The van der Waals surface area contributed by atoms with E-state index in [1.165, 1.54) is 0 Å². The molecule has 0 saturated heterocycles. The molecular weight excluding hydrogens is 536 g/mol. The highest BCUT2D eigenvalue weighted by Gasteiger charge is 2.43. The van der Waals surface area contributed by atoms with Crippen LogP contribution in [0.3, 0.4) is 0 Å². The lowest BCUT2D eigenvalue weighted by Gasteiger charge is -2.41. The lowest BCUT2D eigenvalue weighted by atomic mass is 9.92. The van der Waals surface area contributed by atoms with Crippen molar-refractivity contribution in [2.45, 2.75) is 26.8 Å². The van der Waals surface area contributed by atoms with Crippen LogP contribution in [0.2, 0.25) is 0 Å². The first kappa shape index (κ1) is 26.5. The molecule has 0 spiro atoms.